The van der Waals surface area contributed by atoms with E-state index in [0.29, 0.717) is 36.0 Å². The first-order chi connectivity index (χ1) is 13.5. The van der Waals surface area contributed by atoms with Gasteiger partial charge in [0.05, 0.1) is 20.8 Å². The molecule has 0 bridgehead atoms. The first kappa shape index (κ1) is 25.4. The van der Waals surface area contributed by atoms with E-state index in [1.165, 1.54) is 19.3 Å². The molecule has 1 amide bonds. The molecule has 6 nitrogen and oxygen atoms in total. The highest BCUT2D eigenvalue weighted by Gasteiger charge is 2.34. The van der Waals surface area contributed by atoms with Gasteiger partial charge >= 0.3 is 0 Å². The minimum atomic E-state index is -0.122. The van der Waals surface area contributed by atoms with Crippen molar-refractivity contribution in [1.29, 1.82) is 0 Å². The van der Waals surface area contributed by atoms with Crippen molar-refractivity contribution < 1.29 is 19.0 Å². The normalized spacial score (nSPS) is 15.4. The third-order valence-electron chi connectivity index (χ3n) is 5.78. The highest BCUT2D eigenvalue weighted by molar-refractivity contribution is 5.95. The zero-order chi connectivity index (χ0) is 20.6. The molecule has 0 atom stereocenters. The van der Waals surface area contributed by atoms with Crippen molar-refractivity contribution in [3.05, 3.63) is 17.7 Å². The van der Waals surface area contributed by atoms with Crippen molar-refractivity contribution in [3.8, 4) is 17.2 Å². The quantitative estimate of drug-likeness (QED) is 0.563. The molecule has 1 saturated carbocycles. The summed E-state index contributed by atoms with van der Waals surface area (Å²) in [7, 11) is 7.36. The number of hydrogen-bond donors (Lipinski definition) is 1. The molecule has 1 aromatic carbocycles. The molecule has 166 valence electrons. The average molecular weight is 429 g/mol. The Labute approximate surface area is 181 Å². The molecule has 0 spiro atoms. The Balaban J connectivity index is 0.00000420. The van der Waals surface area contributed by atoms with Gasteiger partial charge in [0.15, 0.2) is 11.5 Å². The van der Waals surface area contributed by atoms with E-state index in [0.717, 1.165) is 25.7 Å². The molecular formula is C22H37ClN2O4. The lowest BCUT2D eigenvalue weighted by Gasteiger charge is -2.43. The lowest BCUT2D eigenvalue weighted by molar-refractivity contribution is 0.0799. The molecule has 0 aromatic heterocycles. The summed E-state index contributed by atoms with van der Waals surface area (Å²) in [6, 6.07) is 3.45. The van der Waals surface area contributed by atoms with Crippen LogP contribution in [0, 0.1) is 0 Å². The lowest BCUT2D eigenvalue weighted by atomic mass is 9.80. The molecule has 0 aliphatic heterocycles. The summed E-state index contributed by atoms with van der Waals surface area (Å²) in [6.07, 6.45) is 7.89. The maximum atomic E-state index is 12.9. The summed E-state index contributed by atoms with van der Waals surface area (Å²) in [6.45, 7) is 3.33. The molecule has 7 heteroatoms. The van der Waals surface area contributed by atoms with Crippen molar-refractivity contribution in [2.45, 2.75) is 57.4 Å². The minimum absolute atomic E-state index is 0. The van der Waals surface area contributed by atoms with Crippen LogP contribution in [0.25, 0.3) is 0 Å². The Bertz CT molecular complexity index is 621. The van der Waals surface area contributed by atoms with E-state index in [2.05, 4.69) is 31.2 Å². The molecule has 1 aliphatic carbocycles. The number of ether oxygens (including phenoxy) is 3. The third-order valence-corrected chi connectivity index (χ3v) is 5.78. The Morgan fingerprint density at radius 1 is 1.10 bits per heavy atom. The Hall–Kier alpha value is -1.66. The smallest absolute Gasteiger partial charge is 0.251 e. The van der Waals surface area contributed by atoms with E-state index >= 15 is 0 Å². The number of halogens is 1. The molecule has 0 unspecified atom stereocenters. The fourth-order valence-electron chi connectivity index (χ4n) is 3.81. The first-order valence-corrected chi connectivity index (χ1v) is 10.3. The van der Waals surface area contributed by atoms with Crippen LogP contribution in [0.4, 0.5) is 0 Å². The Kier molecular flexibility index (Phi) is 10.6. The summed E-state index contributed by atoms with van der Waals surface area (Å²) in [5.74, 6) is 1.46. The Morgan fingerprint density at radius 3 is 2.17 bits per heavy atom. The van der Waals surface area contributed by atoms with Crippen LogP contribution in [-0.4, -0.2) is 57.8 Å². The highest BCUT2D eigenvalue weighted by atomic mass is 35.5. The van der Waals surface area contributed by atoms with Gasteiger partial charge in [-0.2, -0.15) is 0 Å². The number of likely N-dealkylation sites (N-methyl/N-ethyl adjacent to an activating group) is 1. The number of rotatable bonds is 10. The Morgan fingerprint density at radius 2 is 1.69 bits per heavy atom. The number of carbonyl (C=O) groups excluding carboxylic acids is 1. The van der Waals surface area contributed by atoms with Gasteiger partial charge in [0.2, 0.25) is 5.75 Å². The maximum absolute atomic E-state index is 12.9. The second-order valence-corrected chi connectivity index (χ2v) is 7.77. The third kappa shape index (κ3) is 6.41. The molecule has 0 saturated heterocycles. The van der Waals surface area contributed by atoms with Gasteiger partial charge in [0, 0.05) is 17.6 Å². The summed E-state index contributed by atoms with van der Waals surface area (Å²) >= 11 is 0. The average Bonchev–Trinajstić information content (AvgIpc) is 2.72. The highest BCUT2D eigenvalue weighted by Crippen LogP contribution is 2.39. The van der Waals surface area contributed by atoms with Crippen LogP contribution < -0.4 is 19.5 Å². The van der Waals surface area contributed by atoms with Crippen molar-refractivity contribution >= 4 is 18.3 Å². The SMILES string of the molecule is CCCCOc1c(OC)cc(C(=O)NCC2(N(C)C)CCCCC2)cc1OC.Cl. The molecule has 1 fully saturated rings. The molecule has 1 aromatic rings. The lowest BCUT2D eigenvalue weighted by Crippen LogP contribution is -2.53. The first-order valence-electron chi connectivity index (χ1n) is 10.3. The van der Waals surface area contributed by atoms with E-state index in [1.807, 2.05) is 0 Å². The van der Waals surface area contributed by atoms with E-state index in [1.54, 1.807) is 26.4 Å². The van der Waals surface area contributed by atoms with Crippen LogP contribution in [0.15, 0.2) is 12.1 Å². The summed E-state index contributed by atoms with van der Waals surface area (Å²) in [5, 5.41) is 3.13. The van der Waals surface area contributed by atoms with Gasteiger partial charge < -0.3 is 24.4 Å². The van der Waals surface area contributed by atoms with Crippen molar-refractivity contribution in [2.75, 3.05) is 41.5 Å². The predicted octanol–water partition coefficient (Wildman–Crippen LogP) is 4.30. The predicted molar refractivity (Wildman–Crippen MR) is 119 cm³/mol. The van der Waals surface area contributed by atoms with Gasteiger partial charge in [-0.05, 0) is 45.5 Å². The van der Waals surface area contributed by atoms with Gasteiger partial charge in [-0.1, -0.05) is 32.6 Å². The molecule has 0 radical (unpaired) electrons. The minimum Gasteiger partial charge on any atom is -0.493 e. The number of unbranched alkanes of at least 4 members (excludes halogenated alkanes) is 1. The fourth-order valence-corrected chi connectivity index (χ4v) is 3.81. The van der Waals surface area contributed by atoms with Gasteiger partial charge in [0.25, 0.3) is 5.91 Å². The van der Waals surface area contributed by atoms with Crippen LogP contribution in [0.5, 0.6) is 17.2 Å². The number of methoxy groups -OCH3 is 2. The summed E-state index contributed by atoms with van der Waals surface area (Å²) in [5.41, 5.74) is 0.548. The van der Waals surface area contributed by atoms with Crippen LogP contribution in [0.2, 0.25) is 0 Å². The monoisotopic (exact) mass is 428 g/mol. The molecular weight excluding hydrogens is 392 g/mol. The number of hydrogen-bond acceptors (Lipinski definition) is 5. The van der Waals surface area contributed by atoms with Crippen LogP contribution in [0.3, 0.4) is 0 Å². The van der Waals surface area contributed by atoms with Gasteiger partial charge in [-0.3, -0.25) is 4.79 Å². The van der Waals surface area contributed by atoms with Crippen LogP contribution in [-0.2, 0) is 0 Å². The van der Waals surface area contributed by atoms with E-state index in [9.17, 15) is 4.79 Å². The van der Waals surface area contributed by atoms with Crippen molar-refractivity contribution in [1.82, 2.24) is 10.2 Å². The molecule has 29 heavy (non-hydrogen) atoms. The van der Waals surface area contributed by atoms with Gasteiger partial charge in [0.1, 0.15) is 0 Å². The number of nitrogens with zero attached hydrogens (tertiary/aromatic N) is 1. The van der Waals surface area contributed by atoms with Crippen molar-refractivity contribution in [2.24, 2.45) is 0 Å². The molecule has 0 heterocycles. The standard InChI is InChI=1S/C22H36N2O4.ClH/c1-6-7-13-28-20-18(26-4)14-17(15-19(20)27-5)21(25)23-16-22(24(2)3)11-9-8-10-12-22;/h14-15H,6-13,16H2,1-5H3,(H,23,25);1H. The zero-order valence-electron chi connectivity index (χ0n) is 18.5. The second kappa shape index (κ2) is 12.1. The van der Waals surface area contributed by atoms with E-state index in [-0.39, 0.29) is 23.9 Å². The maximum Gasteiger partial charge on any atom is 0.251 e. The fraction of sp³-hybridized carbons (Fsp3) is 0.682. The number of nitrogens with one attached hydrogen (secondary N) is 1. The largest absolute Gasteiger partial charge is 0.493 e. The van der Waals surface area contributed by atoms with Gasteiger partial charge in [-0.15, -0.1) is 12.4 Å². The van der Waals surface area contributed by atoms with E-state index in [4.69, 9.17) is 14.2 Å². The molecule has 1 aliphatic rings. The van der Waals surface area contributed by atoms with Crippen molar-refractivity contribution in [3.63, 3.8) is 0 Å². The van der Waals surface area contributed by atoms with Crippen LogP contribution >= 0.6 is 12.4 Å². The number of amides is 1. The van der Waals surface area contributed by atoms with Crippen LogP contribution in [0.1, 0.15) is 62.2 Å². The zero-order valence-corrected chi connectivity index (χ0v) is 19.3. The summed E-state index contributed by atoms with van der Waals surface area (Å²) in [4.78, 5) is 15.1. The van der Waals surface area contributed by atoms with Gasteiger partial charge in [-0.25, -0.2) is 0 Å². The molecule has 2 rings (SSSR count). The second-order valence-electron chi connectivity index (χ2n) is 7.77. The summed E-state index contributed by atoms with van der Waals surface area (Å²) < 4.78 is 16.8. The molecule has 1 N–H and O–H groups in total. The van der Waals surface area contributed by atoms with E-state index < -0.39 is 0 Å². The topological polar surface area (TPSA) is 60.0 Å². The number of carbonyl (C=O) groups is 1. The number of benzene rings is 1.